The summed E-state index contributed by atoms with van der Waals surface area (Å²) in [6.07, 6.45) is 12.7. The number of rotatable bonds is 12. The van der Waals surface area contributed by atoms with Crippen molar-refractivity contribution in [1.29, 1.82) is 0 Å². The van der Waals surface area contributed by atoms with Crippen LogP contribution in [0.25, 0.3) is 0 Å². The number of ether oxygens (including phenoxy) is 1. The van der Waals surface area contributed by atoms with Gasteiger partial charge in [0.15, 0.2) is 0 Å². The maximum atomic E-state index is 11.3. The number of esters is 2. The Bertz CT molecular complexity index is 259. The fraction of sp³-hybridized carbons (Fsp3) is 0.750. The first-order valence-electron chi connectivity index (χ1n) is 7.55. The van der Waals surface area contributed by atoms with Gasteiger partial charge >= 0.3 is 11.9 Å². The van der Waals surface area contributed by atoms with Crippen LogP contribution in [-0.2, 0) is 14.3 Å². The molecule has 3 heteroatoms. The van der Waals surface area contributed by atoms with Gasteiger partial charge in [0.05, 0.1) is 6.42 Å². The molecule has 0 radical (unpaired) electrons. The molecule has 110 valence electrons. The van der Waals surface area contributed by atoms with Gasteiger partial charge < -0.3 is 4.74 Å². The molecule has 0 aliphatic rings. The average Bonchev–Trinajstić information content (AvgIpc) is 2.37. The Morgan fingerprint density at radius 1 is 0.895 bits per heavy atom. The summed E-state index contributed by atoms with van der Waals surface area (Å²) in [6.45, 7) is 5.64. The predicted octanol–water partition coefficient (Wildman–Crippen LogP) is 4.55. The number of carbonyl (C=O) groups excluding carboxylic acids is 2. The van der Waals surface area contributed by atoms with Crippen LogP contribution in [0, 0.1) is 0 Å². The van der Waals surface area contributed by atoms with E-state index in [-0.39, 0.29) is 6.42 Å². The molecule has 0 spiro atoms. The highest BCUT2D eigenvalue weighted by molar-refractivity contribution is 5.85. The minimum Gasteiger partial charge on any atom is -0.393 e. The third-order valence-corrected chi connectivity index (χ3v) is 3.02. The van der Waals surface area contributed by atoms with Gasteiger partial charge in [-0.3, -0.25) is 9.59 Å². The SMILES string of the molecule is C=CCC(=O)OC(=O)CCCCCCCCCCC. The standard InChI is InChI=1S/C16H28O3/c1-3-5-6-7-8-9-10-11-12-14-16(18)19-15(17)13-4-2/h4H,2-3,5-14H2,1H3. The van der Waals surface area contributed by atoms with E-state index in [4.69, 9.17) is 0 Å². The largest absolute Gasteiger partial charge is 0.393 e. The summed E-state index contributed by atoms with van der Waals surface area (Å²) in [7, 11) is 0. The van der Waals surface area contributed by atoms with E-state index in [1.165, 1.54) is 51.0 Å². The summed E-state index contributed by atoms with van der Waals surface area (Å²) in [6, 6.07) is 0. The van der Waals surface area contributed by atoms with Gasteiger partial charge in [-0.15, -0.1) is 6.58 Å². The Labute approximate surface area is 117 Å². The summed E-state index contributed by atoms with van der Waals surface area (Å²) in [5, 5.41) is 0. The van der Waals surface area contributed by atoms with Crippen LogP contribution in [0.3, 0.4) is 0 Å². The van der Waals surface area contributed by atoms with E-state index in [1.54, 1.807) is 0 Å². The van der Waals surface area contributed by atoms with Crippen LogP contribution in [-0.4, -0.2) is 11.9 Å². The molecule has 0 unspecified atom stereocenters. The Balaban J connectivity index is 3.27. The summed E-state index contributed by atoms with van der Waals surface area (Å²) in [4.78, 5) is 22.3. The fourth-order valence-corrected chi connectivity index (χ4v) is 1.92. The van der Waals surface area contributed by atoms with Crippen molar-refractivity contribution < 1.29 is 14.3 Å². The van der Waals surface area contributed by atoms with Gasteiger partial charge in [0.1, 0.15) is 0 Å². The van der Waals surface area contributed by atoms with Crippen molar-refractivity contribution in [2.45, 2.75) is 77.6 Å². The lowest BCUT2D eigenvalue weighted by atomic mass is 10.1. The van der Waals surface area contributed by atoms with E-state index in [1.807, 2.05) is 0 Å². The smallest absolute Gasteiger partial charge is 0.317 e. The molecule has 0 fully saturated rings. The van der Waals surface area contributed by atoms with Gasteiger partial charge in [0.25, 0.3) is 0 Å². The fourth-order valence-electron chi connectivity index (χ4n) is 1.92. The summed E-state index contributed by atoms with van der Waals surface area (Å²) >= 11 is 0. The number of hydrogen-bond acceptors (Lipinski definition) is 3. The van der Waals surface area contributed by atoms with E-state index >= 15 is 0 Å². The summed E-state index contributed by atoms with van der Waals surface area (Å²) in [5.74, 6) is -0.911. The predicted molar refractivity (Wildman–Crippen MR) is 77.8 cm³/mol. The summed E-state index contributed by atoms with van der Waals surface area (Å²) in [5.41, 5.74) is 0. The number of hydrogen-bond donors (Lipinski definition) is 0. The molecule has 0 saturated heterocycles. The number of carbonyl (C=O) groups is 2. The molecule has 0 aromatic heterocycles. The third kappa shape index (κ3) is 13.1. The van der Waals surface area contributed by atoms with Gasteiger partial charge in [-0.25, -0.2) is 0 Å². The van der Waals surface area contributed by atoms with Gasteiger partial charge in [-0.2, -0.15) is 0 Å². The monoisotopic (exact) mass is 268 g/mol. The van der Waals surface area contributed by atoms with Crippen LogP contribution in [0.1, 0.15) is 77.6 Å². The normalized spacial score (nSPS) is 10.2. The second-order valence-corrected chi connectivity index (χ2v) is 4.92. The van der Waals surface area contributed by atoms with Gasteiger partial charge in [0.2, 0.25) is 0 Å². The lowest BCUT2D eigenvalue weighted by molar-refractivity contribution is -0.159. The highest BCUT2D eigenvalue weighted by atomic mass is 16.6. The van der Waals surface area contributed by atoms with Crippen molar-refractivity contribution in [3.63, 3.8) is 0 Å². The van der Waals surface area contributed by atoms with E-state index in [0.29, 0.717) is 6.42 Å². The first-order chi connectivity index (χ1) is 9.20. The second kappa shape index (κ2) is 13.3. The summed E-state index contributed by atoms with van der Waals surface area (Å²) < 4.78 is 4.61. The topological polar surface area (TPSA) is 43.4 Å². The van der Waals surface area contributed by atoms with Crippen LogP contribution in [0.4, 0.5) is 0 Å². The van der Waals surface area contributed by atoms with Crippen molar-refractivity contribution >= 4 is 11.9 Å². The van der Waals surface area contributed by atoms with Crippen LogP contribution in [0.5, 0.6) is 0 Å². The molecule has 0 rings (SSSR count). The van der Waals surface area contributed by atoms with Crippen LogP contribution in [0.15, 0.2) is 12.7 Å². The van der Waals surface area contributed by atoms with Crippen molar-refractivity contribution in [3.8, 4) is 0 Å². The third-order valence-electron chi connectivity index (χ3n) is 3.02. The maximum absolute atomic E-state index is 11.3. The van der Waals surface area contributed by atoms with Gasteiger partial charge in [0, 0.05) is 6.42 Å². The Kier molecular flexibility index (Phi) is 12.5. The van der Waals surface area contributed by atoms with Crippen LogP contribution in [0.2, 0.25) is 0 Å². The van der Waals surface area contributed by atoms with Crippen molar-refractivity contribution in [2.75, 3.05) is 0 Å². The second-order valence-electron chi connectivity index (χ2n) is 4.92. The molecule has 19 heavy (non-hydrogen) atoms. The lowest BCUT2D eigenvalue weighted by Crippen LogP contribution is -2.10. The lowest BCUT2D eigenvalue weighted by Gasteiger charge is -2.02. The molecule has 0 N–H and O–H groups in total. The highest BCUT2D eigenvalue weighted by Gasteiger charge is 2.07. The quantitative estimate of drug-likeness (QED) is 0.226. The van der Waals surface area contributed by atoms with Crippen molar-refractivity contribution in [1.82, 2.24) is 0 Å². The molecular weight excluding hydrogens is 240 g/mol. The zero-order chi connectivity index (χ0) is 14.3. The first-order valence-corrected chi connectivity index (χ1v) is 7.55. The molecule has 0 saturated carbocycles. The minimum absolute atomic E-state index is 0.101. The zero-order valence-corrected chi connectivity index (χ0v) is 12.3. The van der Waals surface area contributed by atoms with E-state index in [0.717, 1.165) is 12.8 Å². The van der Waals surface area contributed by atoms with E-state index in [2.05, 4.69) is 18.2 Å². The molecular formula is C16H28O3. The maximum Gasteiger partial charge on any atom is 0.317 e. The molecule has 0 aromatic rings. The Morgan fingerprint density at radius 2 is 1.42 bits per heavy atom. The average molecular weight is 268 g/mol. The highest BCUT2D eigenvalue weighted by Crippen LogP contribution is 2.10. The molecule has 0 bridgehead atoms. The molecule has 0 aliphatic carbocycles. The molecule has 0 aliphatic heterocycles. The van der Waals surface area contributed by atoms with Crippen LogP contribution >= 0.6 is 0 Å². The van der Waals surface area contributed by atoms with Crippen molar-refractivity contribution in [3.05, 3.63) is 12.7 Å². The number of unbranched alkanes of at least 4 members (excludes halogenated alkanes) is 8. The minimum atomic E-state index is -0.504. The van der Waals surface area contributed by atoms with E-state index in [9.17, 15) is 9.59 Å². The van der Waals surface area contributed by atoms with Gasteiger partial charge in [-0.05, 0) is 6.42 Å². The van der Waals surface area contributed by atoms with E-state index < -0.39 is 11.9 Å². The molecule has 3 nitrogen and oxygen atoms in total. The molecule has 0 aromatic carbocycles. The molecule has 0 atom stereocenters. The molecule has 0 amide bonds. The van der Waals surface area contributed by atoms with Gasteiger partial charge in [-0.1, -0.05) is 64.4 Å². The Morgan fingerprint density at radius 3 is 1.95 bits per heavy atom. The van der Waals surface area contributed by atoms with Crippen LogP contribution < -0.4 is 0 Å². The Hall–Kier alpha value is -1.12. The molecule has 0 heterocycles. The zero-order valence-electron chi connectivity index (χ0n) is 12.3. The van der Waals surface area contributed by atoms with Crippen molar-refractivity contribution in [2.24, 2.45) is 0 Å². The first kappa shape index (κ1) is 17.9.